The Balaban J connectivity index is 1.86. The van der Waals surface area contributed by atoms with Gasteiger partial charge in [-0.3, -0.25) is 9.10 Å². The van der Waals surface area contributed by atoms with Crippen LogP contribution in [0, 0.1) is 5.82 Å². The van der Waals surface area contributed by atoms with Gasteiger partial charge in [0.2, 0.25) is 5.91 Å². The third-order valence-electron chi connectivity index (χ3n) is 4.33. The van der Waals surface area contributed by atoms with Gasteiger partial charge in [-0.1, -0.05) is 18.2 Å². The van der Waals surface area contributed by atoms with E-state index < -0.39 is 44.2 Å². The van der Waals surface area contributed by atoms with Gasteiger partial charge in [-0.2, -0.15) is 0 Å². The molecule has 1 aliphatic rings. The van der Waals surface area contributed by atoms with Crippen LogP contribution in [0.1, 0.15) is 6.42 Å². The highest BCUT2D eigenvalue weighted by molar-refractivity contribution is 7.93. The second-order valence-corrected chi connectivity index (χ2v) is 10.6. The molecular weight excluding hydrogens is 407 g/mol. The molecule has 150 valence electrons. The van der Waals surface area contributed by atoms with Crippen molar-refractivity contribution >= 4 is 31.5 Å². The molecule has 2 aromatic rings. The number of nitrogens with one attached hydrogen (secondary N) is 1. The lowest BCUT2D eigenvalue weighted by atomic mass is 10.2. The Morgan fingerprint density at radius 1 is 1.11 bits per heavy atom. The van der Waals surface area contributed by atoms with E-state index in [4.69, 9.17) is 0 Å². The van der Waals surface area contributed by atoms with E-state index in [2.05, 4.69) is 5.32 Å². The number of anilines is 1. The quantitative estimate of drug-likeness (QED) is 0.751. The number of carbonyl (C=O) groups is 1. The fourth-order valence-corrected chi connectivity index (χ4v) is 6.05. The molecule has 1 N–H and O–H groups in total. The minimum atomic E-state index is -4.13. The van der Waals surface area contributed by atoms with Gasteiger partial charge in [-0.25, -0.2) is 21.2 Å². The molecule has 0 aliphatic carbocycles. The molecule has 10 heteroatoms. The Labute approximate surface area is 163 Å². The highest BCUT2D eigenvalue weighted by Gasteiger charge is 2.31. The van der Waals surface area contributed by atoms with Crippen molar-refractivity contribution in [3.8, 4) is 0 Å². The van der Waals surface area contributed by atoms with Gasteiger partial charge in [0.25, 0.3) is 10.0 Å². The first kappa shape index (κ1) is 20.3. The molecule has 0 spiro atoms. The van der Waals surface area contributed by atoms with Gasteiger partial charge < -0.3 is 5.32 Å². The summed E-state index contributed by atoms with van der Waals surface area (Å²) >= 11 is 0. The minimum absolute atomic E-state index is 0.00573. The number of hydrogen-bond acceptors (Lipinski definition) is 5. The highest BCUT2D eigenvalue weighted by atomic mass is 32.2. The summed E-state index contributed by atoms with van der Waals surface area (Å²) in [5, 5.41) is 2.58. The molecule has 1 amide bonds. The van der Waals surface area contributed by atoms with Gasteiger partial charge in [0, 0.05) is 6.04 Å². The summed E-state index contributed by atoms with van der Waals surface area (Å²) in [7, 11) is -7.31. The first-order chi connectivity index (χ1) is 13.2. The molecule has 2 aromatic carbocycles. The van der Waals surface area contributed by atoms with E-state index in [1.807, 2.05) is 0 Å². The maximum atomic E-state index is 13.2. The maximum Gasteiger partial charge on any atom is 0.264 e. The first-order valence-electron chi connectivity index (χ1n) is 8.50. The molecule has 1 atom stereocenters. The van der Waals surface area contributed by atoms with E-state index in [9.17, 15) is 26.0 Å². The van der Waals surface area contributed by atoms with Crippen molar-refractivity contribution in [2.24, 2.45) is 0 Å². The fraction of sp³-hybridized carbons (Fsp3) is 0.278. The standard InChI is InChI=1S/C18H19FN2O5S2/c19-14-6-8-17(9-7-14)28(25,26)21(16-4-2-1-3-5-16)12-18(22)20-15-10-11-27(23,24)13-15/h1-9,15H,10-13H2,(H,20,22)/t15-/m1/s1. The third kappa shape index (κ3) is 4.68. The van der Waals surface area contributed by atoms with E-state index >= 15 is 0 Å². The monoisotopic (exact) mass is 426 g/mol. The summed E-state index contributed by atoms with van der Waals surface area (Å²) in [5.74, 6) is -1.36. The van der Waals surface area contributed by atoms with Crippen LogP contribution < -0.4 is 9.62 Å². The van der Waals surface area contributed by atoms with E-state index in [0.29, 0.717) is 6.42 Å². The number of nitrogens with zero attached hydrogens (tertiary/aromatic N) is 1. The van der Waals surface area contributed by atoms with Crippen molar-refractivity contribution in [3.63, 3.8) is 0 Å². The summed E-state index contributed by atoms with van der Waals surface area (Å²) in [5.41, 5.74) is 0.265. The predicted molar refractivity (Wildman–Crippen MR) is 103 cm³/mol. The second-order valence-electron chi connectivity index (χ2n) is 6.47. The molecule has 1 fully saturated rings. The Kier molecular flexibility index (Phi) is 5.71. The maximum absolute atomic E-state index is 13.2. The first-order valence-corrected chi connectivity index (χ1v) is 11.8. The SMILES string of the molecule is O=C(CN(c1ccccc1)S(=O)(=O)c1ccc(F)cc1)N[C@@H]1CCS(=O)(=O)C1. The van der Waals surface area contributed by atoms with E-state index in [1.54, 1.807) is 18.2 Å². The van der Waals surface area contributed by atoms with Gasteiger partial charge in [-0.15, -0.1) is 0 Å². The van der Waals surface area contributed by atoms with Crippen LogP contribution >= 0.6 is 0 Å². The Morgan fingerprint density at radius 2 is 1.75 bits per heavy atom. The third-order valence-corrected chi connectivity index (χ3v) is 7.89. The highest BCUT2D eigenvalue weighted by Crippen LogP contribution is 2.23. The van der Waals surface area contributed by atoms with Crippen molar-refractivity contribution in [1.82, 2.24) is 5.32 Å². The zero-order valence-electron chi connectivity index (χ0n) is 14.8. The van der Waals surface area contributed by atoms with Crippen LogP contribution in [-0.2, 0) is 24.7 Å². The van der Waals surface area contributed by atoms with E-state index in [-0.39, 0.29) is 22.1 Å². The molecule has 0 aromatic heterocycles. The molecule has 1 heterocycles. The largest absolute Gasteiger partial charge is 0.351 e. The lowest BCUT2D eigenvalue weighted by Gasteiger charge is -2.24. The number of benzene rings is 2. The van der Waals surface area contributed by atoms with E-state index in [0.717, 1.165) is 28.6 Å². The second kappa shape index (κ2) is 7.88. The lowest BCUT2D eigenvalue weighted by Crippen LogP contribution is -2.44. The average Bonchev–Trinajstić information content (AvgIpc) is 2.99. The molecule has 0 saturated carbocycles. The van der Waals surface area contributed by atoms with Crippen molar-refractivity contribution in [2.75, 3.05) is 22.4 Å². The number of sulfonamides is 1. The van der Waals surface area contributed by atoms with Crippen LogP contribution in [0.2, 0.25) is 0 Å². The minimum Gasteiger partial charge on any atom is -0.351 e. The van der Waals surface area contributed by atoms with Gasteiger partial charge in [0.05, 0.1) is 22.1 Å². The number of amides is 1. The van der Waals surface area contributed by atoms with Gasteiger partial charge >= 0.3 is 0 Å². The predicted octanol–water partition coefficient (Wildman–Crippen LogP) is 1.32. The Morgan fingerprint density at radius 3 is 2.32 bits per heavy atom. The number of sulfone groups is 1. The summed E-state index contributed by atoms with van der Waals surface area (Å²) in [6, 6.07) is 11.8. The number of halogens is 1. The molecule has 3 rings (SSSR count). The summed E-state index contributed by atoms with van der Waals surface area (Å²) in [4.78, 5) is 12.3. The summed E-state index contributed by atoms with van der Waals surface area (Å²) in [6.07, 6.45) is 0.296. The molecule has 1 saturated heterocycles. The van der Waals surface area contributed by atoms with Gasteiger partial charge in [-0.05, 0) is 42.8 Å². The molecule has 0 bridgehead atoms. The van der Waals surface area contributed by atoms with Crippen LogP contribution in [-0.4, -0.2) is 46.8 Å². The molecule has 7 nitrogen and oxygen atoms in total. The Bertz CT molecular complexity index is 1050. The molecule has 1 aliphatic heterocycles. The van der Waals surface area contributed by atoms with Crippen molar-refractivity contribution < 1.29 is 26.0 Å². The lowest BCUT2D eigenvalue weighted by molar-refractivity contribution is -0.120. The molecule has 28 heavy (non-hydrogen) atoms. The number of hydrogen-bond donors (Lipinski definition) is 1. The smallest absolute Gasteiger partial charge is 0.264 e. The Hall–Kier alpha value is -2.46. The topological polar surface area (TPSA) is 101 Å². The van der Waals surface area contributed by atoms with Crippen molar-refractivity contribution in [3.05, 3.63) is 60.4 Å². The van der Waals surface area contributed by atoms with Crippen LogP contribution in [0.3, 0.4) is 0 Å². The normalized spacial score (nSPS) is 18.5. The van der Waals surface area contributed by atoms with Crippen molar-refractivity contribution in [2.45, 2.75) is 17.4 Å². The van der Waals surface area contributed by atoms with Gasteiger partial charge in [0.1, 0.15) is 12.4 Å². The van der Waals surface area contributed by atoms with Crippen molar-refractivity contribution in [1.29, 1.82) is 0 Å². The molecular formula is C18H19FN2O5S2. The van der Waals surface area contributed by atoms with Crippen LogP contribution in [0.25, 0.3) is 0 Å². The van der Waals surface area contributed by atoms with Crippen LogP contribution in [0.5, 0.6) is 0 Å². The molecule has 0 unspecified atom stereocenters. The summed E-state index contributed by atoms with van der Waals surface area (Å²) < 4.78 is 63.3. The fourth-order valence-electron chi connectivity index (χ4n) is 2.96. The van der Waals surface area contributed by atoms with Crippen LogP contribution in [0.4, 0.5) is 10.1 Å². The zero-order chi connectivity index (χ0) is 20.4. The van der Waals surface area contributed by atoms with Crippen LogP contribution in [0.15, 0.2) is 59.5 Å². The number of rotatable bonds is 6. The molecule has 0 radical (unpaired) electrons. The van der Waals surface area contributed by atoms with E-state index in [1.165, 1.54) is 12.1 Å². The zero-order valence-corrected chi connectivity index (χ0v) is 16.4. The average molecular weight is 426 g/mol. The van der Waals surface area contributed by atoms with Gasteiger partial charge in [0.15, 0.2) is 9.84 Å². The number of para-hydroxylation sites is 1. The summed E-state index contributed by atoms with van der Waals surface area (Å²) in [6.45, 7) is -0.528. The number of carbonyl (C=O) groups excluding carboxylic acids is 1.